The van der Waals surface area contributed by atoms with Crippen LogP contribution in [0.25, 0.3) is 0 Å². The molecule has 0 aliphatic rings. The Labute approximate surface area is 319 Å². The summed E-state index contributed by atoms with van der Waals surface area (Å²) in [6.07, 6.45) is 5.50. The number of sulfonamides is 2. The molecule has 2 aromatic heterocycles. The fraction of sp³-hybridized carbons (Fsp3) is 0.286. The first kappa shape index (κ1) is 40.0. The number of carbonyl (C=O) groups excluding carboxylic acids is 2. The molecule has 12 heteroatoms. The highest BCUT2D eigenvalue weighted by Crippen LogP contribution is 2.37. The summed E-state index contributed by atoms with van der Waals surface area (Å²) < 4.78 is 60.4. The van der Waals surface area contributed by atoms with E-state index in [1.165, 1.54) is 73.3 Å². The van der Waals surface area contributed by atoms with E-state index in [9.17, 15) is 26.4 Å². The van der Waals surface area contributed by atoms with Gasteiger partial charge in [0.05, 0.1) is 32.3 Å². The first-order valence-corrected chi connectivity index (χ1v) is 20.3. The van der Waals surface area contributed by atoms with Crippen LogP contribution in [0.4, 0.5) is 11.4 Å². The number of carbonyl (C=O) groups is 2. The number of rotatable bonds is 8. The molecule has 0 N–H and O–H groups in total. The maximum atomic E-state index is 14.8. The second kappa shape index (κ2) is 14.6. The Morgan fingerprint density at radius 3 is 1.15 bits per heavy atom. The first-order chi connectivity index (χ1) is 25.1. The van der Waals surface area contributed by atoms with Crippen LogP contribution < -0.4 is 8.61 Å². The van der Waals surface area contributed by atoms with Gasteiger partial charge in [0.2, 0.25) is 0 Å². The molecule has 0 spiro atoms. The summed E-state index contributed by atoms with van der Waals surface area (Å²) in [6.45, 7) is 18.9. The van der Waals surface area contributed by atoms with Gasteiger partial charge in [-0.25, -0.2) is 16.8 Å². The Hall–Kier alpha value is -5.20. The fourth-order valence-corrected chi connectivity index (χ4v) is 9.41. The van der Waals surface area contributed by atoms with Crippen LogP contribution in [0.15, 0.2) is 107 Å². The van der Waals surface area contributed by atoms with Gasteiger partial charge in [0.1, 0.15) is 0 Å². The second-order valence-electron chi connectivity index (χ2n) is 15.5. The zero-order valence-corrected chi connectivity index (χ0v) is 33.9. The number of aryl methyl sites for hydroxylation is 2. The molecular weight excluding hydrogens is 721 g/mol. The number of hydrogen-bond acceptors (Lipinski definition) is 8. The molecule has 0 bridgehead atoms. The molecule has 5 aromatic rings. The molecule has 5 rings (SSSR count). The Morgan fingerprint density at radius 1 is 0.537 bits per heavy atom. The molecule has 0 aliphatic heterocycles. The van der Waals surface area contributed by atoms with Crippen molar-refractivity contribution in [3.05, 3.63) is 142 Å². The highest BCUT2D eigenvalue weighted by Gasteiger charge is 2.37. The number of amides is 2. The molecule has 0 fully saturated rings. The molecule has 0 unspecified atom stereocenters. The van der Waals surface area contributed by atoms with Crippen molar-refractivity contribution in [1.82, 2.24) is 9.97 Å². The average Bonchev–Trinajstić information content (AvgIpc) is 3.10. The van der Waals surface area contributed by atoms with Crippen molar-refractivity contribution < 1.29 is 26.4 Å². The molecule has 282 valence electrons. The minimum atomic E-state index is -4.58. The number of hydrogen-bond donors (Lipinski definition) is 0. The number of pyridine rings is 2. The van der Waals surface area contributed by atoms with E-state index in [0.29, 0.717) is 19.7 Å². The summed E-state index contributed by atoms with van der Waals surface area (Å²) in [4.78, 5) is 36.4. The third-order valence-corrected chi connectivity index (χ3v) is 13.2. The van der Waals surface area contributed by atoms with Crippen LogP contribution >= 0.6 is 0 Å². The topological polar surface area (TPSA) is 135 Å². The second-order valence-corrected chi connectivity index (χ2v) is 19.0. The Bertz CT molecular complexity index is 2280. The van der Waals surface area contributed by atoms with Crippen molar-refractivity contribution in [3.8, 4) is 0 Å². The first-order valence-electron chi connectivity index (χ1n) is 17.4. The molecular formula is C42H46N4O6S2. The largest absolute Gasteiger partial charge is 0.273 e. The lowest BCUT2D eigenvalue weighted by molar-refractivity contribution is 0.0996. The minimum Gasteiger partial charge on any atom is -0.268 e. The van der Waals surface area contributed by atoms with Crippen molar-refractivity contribution in [1.29, 1.82) is 0 Å². The smallest absolute Gasteiger partial charge is 0.268 e. The van der Waals surface area contributed by atoms with E-state index < -0.39 is 42.7 Å². The standard InChI is InChI=1S/C42H46N4O6S2/c1-27-21-33(41(5,6)7)23-37(29(27)3)53(49,50)45(39(47)31-13-11-19-43-25-31)35-15-17-36(18-16-35)46(40(48)32-14-12-20-44-26-32)54(51,52)38-24-34(42(8,9)10)22-28(2)30(38)4/h11-26H,1-10H3. The van der Waals surface area contributed by atoms with Gasteiger partial charge < -0.3 is 0 Å². The summed E-state index contributed by atoms with van der Waals surface area (Å²) >= 11 is 0. The summed E-state index contributed by atoms with van der Waals surface area (Å²) in [7, 11) is -9.16. The maximum Gasteiger partial charge on any atom is 0.273 e. The lowest BCUT2D eigenvalue weighted by atomic mass is 9.85. The van der Waals surface area contributed by atoms with Crippen LogP contribution in [0.5, 0.6) is 0 Å². The van der Waals surface area contributed by atoms with Crippen LogP contribution in [0.3, 0.4) is 0 Å². The van der Waals surface area contributed by atoms with Crippen LogP contribution in [0, 0.1) is 27.7 Å². The third kappa shape index (κ3) is 7.72. The molecule has 2 amide bonds. The molecule has 0 saturated heterocycles. The predicted molar refractivity (Wildman–Crippen MR) is 212 cm³/mol. The van der Waals surface area contributed by atoms with Crippen LogP contribution in [-0.4, -0.2) is 38.6 Å². The lowest BCUT2D eigenvalue weighted by Crippen LogP contribution is -2.39. The summed E-state index contributed by atoms with van der Waals surface area (Å²) in [6, 6.07) is 18.3. The fourth-order valence-electron chi connectivity index (χ4n) is 5.92. The van der Waals surface area contributed by atoms with E-state index in [1.54, 1.807) is 26.0 Å². The van der Waals surface area contributed by atoms with Crippen molar-refractivity contribution in [2.75, 3.05) is 8.61 Å². The highest BCUT2D eigenvalue weighted by atomic mass is 32.2. The average molecular weight is 767 g/mol. The SMILES string of the molecule is Cc1cc(C(C)(C)C)cc(S(=O)(=O)N(C(=O)c2cccnc2)c2ccc(N(C(=O)c3cccnc3)S(=O)(=O)c3cc(C(C)(C)C)cc(C)c3C)cc2)c1C. The quantitative estimate of drug-likeness (QED) is 0.154. The molecule has 10 nitrogen and oxygen atoms in total. The van der Waals surface area contributed by atoms with Gasteiger partial charge in [0.25, 0.3) is 31.9 Å². The Morgan fingerprint density at radius 2 is 0.870 bits per heavy atom. The van der Waals surface area contributed by atoms with E-state index in [0.717, 1.165) is 22.3 Å². The number of benzene rings is 3. The van der Waals surface area contributed by atoms with E-state index in [2.05, 4.69) is 9.97 Å². The molecule has 0 aliphatic carbocycles. The van der Waals surface area contributed by atoms with Crippen molar-refractivity contribution >= 4 is 43.2 Å². The van der Waals surface area contributed by atoms with Gasteiger partial charge in [0.15, 0.2) is 0 Å². The van der Waals surface area contributed by atoms with E-state index >= 15 is 0 Å². The van der Waals surface area contributed by atoms with Crippen LogP contribution in [0.2, 0.25) is 0 Å². The summed E-state index contributed by atoms with van der Waals surface area (Å²) in [5.74, 6) is -1.73. The van der Waals surface area contributed by atoms with Crippen LogP contribution in [0.1, 0.15) is 95.6 Å². The van der Waals surface area contributed by atoms with Gasteiger partial charge in [-0.05, 0) is 133 Å². The van der Waals surface area contributed by atoms with Crippen molar-refractivity contribution in [2.45, 2.75) is 89.9 Å². The normalized spacial score (nSPS) is 12.3. The molecule has 3 aromatic carbocycles. The number of anilines is 2. The monoisotopic (exact) mass is 766 g/mol. The van der Waals surface area contributed by atoms with Gasteiger partial charge in [-0.2, -0.15) is 8.61 Å². The predicted octanol–water partition coefficient (Wildman–Crippen LogP) is 8.38. The van der Waals surface area contributed by atoms with Crippen molar-refractivity contribution in [2.24, 2.45) is 0 Å². The van der Waals surface area contributed by atoms with E-state index in [1.807, 2.05) is 67.5 Å². The number of nitrogens with zero attached hydrogens (tertiary/aromatic N) is 4. The van der Waals surface area contributed by atoms with Gasteiger partial charge in [-0.1, -0.05) is 53.7 Å². The maximum absolute atomic E-state index is 14.8. The molecule has 0 radical (unpaired) electrons. The third-order valence-electron chi connectivity index (χ3n) is 9.51. The van der Waals surface area contributed by atoms with Crippen LogP contribution in [-0.2, 0) is 30.9 Å². The molecule has 0 atom stereocenters. The lowest BCUT2D eigenvalue weighted by Gasteiger charge is -2.28. The summed E-state index contributed by atoms with van der Waals surface area (Å²) in [5, 5.41) is 0. The van der Waals surface area contributed by atoms with E-state index in [-0.39, 0.29) is 32.3 Å². The molecule has 54 heavy (non-hydrogen) atoms. The molecule has 0 saturated carbocycles. The van der Waals surface area contributed by atoms with Gasteiger partial charge >= 0.3 is 0 Å². The summed E-state index contributed by atoms with van der Waals surface area (Å²) in [5.41, 5.74) is 3.06. The Balaban J connectivity index is 1.73. The molecule has 2 heterocycles. The van der Waals surface area contributed by atoms with Gasteiger partial charge in [-0.15, -0.1) is 0 Å². The number of aromatic nitrogens is 2. The zero-order chi connectivity index (χ0) is 40.0. The minimum absolute atomic E-state index is 0.0204. The Kier molecular flexibility index (Phi) is 10.8. The van der Waals surface area contributed by atoms with Gasteiger partial charge in [-0.3, -0.25) is 19.6 Å². The van der Waals surface area contributed by atoms with Gasteiger partial charge in [0, 0.05) is 24.8 Å². The van der Waals surface area contributed by atoms with E-state index in [4.69, 9.17) is 0 Å². The van der Waals surface area contributed by atoms with Crippen molar-refractivity contribution in [3.63, 3.8) is 0 Å². The highest BCUT2D eigenvalue weighted by molar-refractivity contribution is 7.94. The zero-order valence-electron chi connectivity index (χ0n) is 32.3.